The van der Waals surface area contributed by atoms with Crippen LogP contribution in [-0.4, -0.2) is 22.9 Å². The number of nitrogens with zero attached hydrogens (tertiary/aromatic N) is 2. The number of rotatable bonds is 2. The van der Waals surface area contributed by atoms with Gasteiger partial charge in [-0.05, 0) is 18.6 Å². The molecule has 0 aromatic heterocycles. The van der Waals surface area contributed by atoms with Gasteiger partial charge in [0.2, 0.25) is 0 Å². The van der Waals surface area contributed by atoms with E-state index in [2.05, 4.69) is 17.2 Å². The average molecular weight is 259 g/mol. The van der Waals surface area contributed by atoms with E-state index in [0.717, 1.165) is 13.0 Å². The van der Waals surface area contributed by atoms with Crippen molar-refractivity contribution < 1.29 is 4.79 Å². The molecular weight excluding hydrogens is 246 g/mol. The smallest absolute Gasteiger partial charge is 0.258 e. The van der Waals surface area contributed by atoms with Gasteiger partial charge < -0.3 is 5.32 Å². The summed E-state index contributed by atoms with van der Waals surface area (Å²) >= 11 is 1.58. The Morgan fingerprint density at radius 2 is 2.39 bits per heavy atom. The number of carbonyl (C=O) groups excluding carboxylic acids is 1. The van der Waals surface area contributed by atoms with E-state index in [0.29, 0.717) is 21.5 Å². The van der Waals surface area contributed by atoms with Gasteiger partial charge in [-0.25, -0.2) is 0 Å². The first-order valence-corrected chi connectivity index (χ1v) is 6.64. The van der Waals surface area contributed by atoms with E-state index in [4.69, 9.17) is 5.26 Å². The van der Waals surface area contributed by atoms with Gasteiger partial charge in [-0.3, -0.25) is 9.79 Å². The largest absolute Gasteiger partial charge is 0.301 e. The van der Waals surface area contributed by atoms with Gasteiger partial charge in [0.1, 0.15) is 0 Å². The topological polar surface area (TPSA) is 65.2 Å². The molecule has 0 radical (unpaired) electrons. The van der Waals surface area contributed by atoms with Crippen molar-refractivity contribution in [2.75, 3.05) is 6.54 Å². The molecule has 1 heterocycles. The monoisotopic (exact) mass is 259 g/mol. The van der Waals surface area contributed by atoms with Crippen LogP contribution in [0.3, 0.4) is 0 Å². The maximum absolute atomic E-state index is 12.0. The van der Waals surface area contributed by atoms with Crippen LogP contribution in [0.4, 0.5) is 0 Å². The Morgan fingerprint density at radius 3 is 3.06 bits per heavy atom. The fourth-order valence-corrected chi connectivity index (χ4v) is 2.57. The minimum absolute atomic E-state index is 0.268. The third kappa shape index (κ3) is 2.71. The van der Waals surface area contributed by atoms with Crippen LogP contribution in [0.25, 0.3) is 0 Å². The lowest BCUT2D eigenvalue weighted by molar-refractivity contribution is 0.0977. The minimum atomic E-state index is -0.268. The predicted molar refractivity (Wildman–Crippen MR) is 72.6 cm³/mol. The summed E-state index contributed by atoms with van der Waals surface area (Å²) < 4.78 is 0. The molecule has 1 amide bonds. The molecule has 0 saturated heterocycles. The maximum atomic E-state index is 12.0. The summed E-state index contributed by atoms with van der Waals surface area (Å²) in [5, 5.41) is 12.8. The van der Waals surface area contributed by atoms with Crippen molar-refractivity contribution in [2.24, 2.45) is 4.99 Å². The van der Waals surface area contributed by atoms with Crippen LogP contribution in [0, 0.1) is 11.3 Å². The van der Waals surface area contributed by atoms with Gasteiger partial charge in [-0.1, -0.05) is 30.8 Å². The summed E-state index contributed by atoms with van der Waals surface area (Å²) in [6.45, 7) is 2.85. The normalized spacial score (nSPS) is 18.0. The Morgan fingerprint density at radius 1 is 1.61 bits per heavy atom. The predicted octanol–water partition coefficient (Wildman–Crippen LogP) is 2.17. The molecule has 1 N–H and O–H groups in total. The number of thioether (sulfide) groups is 1. The molecule has 2 rings (SSSR count). The number of nitriles is 1. The summed E-state index contributed by atoms with van der Waals surface area (Å²) in [5.41, 5.74) is 0.772. The molecule has 1 aliphatic heterocycles. The Labute approximate surface area is 110 Å². The second-order valence-corrected chi connectivity index (χ2v) is 5.19. The van der Waals surface area contributed by atoms with E-state index in [1.165, 1.54) is 0 Å². The summed E-state index contributed by atoms with van der Waals surface area (Å²) in [6.07, 6.45) is 1.03. The van der Waals surface area contributed by atoms with Crippen molar-refractivity contribution in [3.8, 4) is 6.07 Å². The quantitative estimate of drug-likeness (QED) is 0.885. The SMILES string of the molecule is CCC1CN=C(NC(=O)c2ccccc2C#N)S1. The van der Waals surface area contributed by atoms with Gasteiger partial charge in [0, 0.05) is 5.25 Å². The van der Waals surface area contributed by atoms with E-state index in [1.54, 1.807) is 36.0 Å². The van der Waals surface area contributed by atoms with Crippen LogP contribution in [0.15, 0.2) is 29.3 Å². The molecule has 0 fully saturated rings. The number of amides is 1. The second-order valence-electron chi connectivity index (χ2n) is 3.91. The van der Waals surface area contributed by atoms with Crippen molar-refractivity contribution >= 4 is 22.8 Å². The van der Waals surface area contributed by atoms with Crippen LogP contribution in [0.2, 0.25) is 0 Å². The van der Waals surface area contributed by atoms with Gasteiger partial charge in [-0.15, -0.1) is 0 Å². The van der Waals surface area contributed by atoms with Gasteiger partial charge >= 0.3 is 0 Å². The molecule has 5 heteroatoms. The van der Waals surface area contributed by atoms with Crippen molar-refractivity contribution in [2.45, 2.75) is 18.6 Å². The number of benzene rings is 1. The molecule has 0 bridgehead atoms. The minimum Gasteiger partial charge on any atom is -0.301 e. The summed E-state index contributed by atoms with van der Waals surface area (Å²) in [7, 11) is 0. The van der Waals surface area contributed by atoms with Crippen LogP contribution in [-0.2, 0) is 0 Å². The summed E-state index contributed by atoms with van der Waals surface area (Å²) in [5.74, 6) is -0.268. The van der Waals surface area contributed by atoms with Gasteiger partial charge in [0.25, 0.3) is 5.91 Å². The van der Waals surface area contributed by atoms with E-state index in [9.17, 15) is 4.79 Å². The van der Waals surface area contributed by atoms with Crippen LogP contribution in [0.1, 0.15) is 29.3 Å². The molecule has 92 valence electrons. The van der Waals surface area contributed by atoms with Gasteiger partial charge in [-0.2, -0.15) is 5.26 Å². The Kier molecular flexibility index (Phi) is 4.00. The fourth-order valence-electron chi connectivity index (χ4n) is 1.64. The van der Waals surface area contributed by atoms with Crippen molar-refractivity contribution in [3.05, 3.63) is 35.4 Å². The van der Waals surface area contributed by atoms with Crippen molar-refractivity contribution in [3.63, 3.8) is 0 Å². The number of aliphatic imine (C=N–C) groups is 1. The zero-order chi connectivity index (χ0) is 13.0. The fraction of sp³-hybridized carbons (Fsp3) is 0.308. The van der Waals surface area contributed by atoms with Crippen molar-refractivity contribution in [1.82, 2.24) is 5.32 Å². The number of carbonyl (C=O) groups is 1. The molecule has 1 aromatic rings. The first kappa shape index (κ1) is 12.7. The van der Waals surface area contributed by atoms with E-state index >= 15 is 0 Å². The number of nitrogens with one attached hydrogen (secondary N) is 1. The van der Waals surface area contributed by atoms with Crippen LogP contribution >= 0.6 is 11.8 Å². The highest BCUT2D eigenvalue weighted by molar-refractivity contribution is 8.14. The molecule has 4 nitrogen and oxygen atoms in total. The standard InChI is InChI=1S/C13H13N3OS/c1-2-10-8-15-13(18-10)16-12(17)11-6-4-3-5-9(11)7-14/h3-6,10H,2,8H2,1H3,(H,15,16,17). The molecule has 0 saturated carbocycles. The molecule has 1 atom stereocenters. The van der Waals surface area contributed by atoms with Crippen LogP contribution < -0.4 is 5.32 Å². The summed E-state index contributed by atoms with van der Waals surface area (Å²) in [4.78, 5) is 16.3. The molecule has 1 aliphatic rings. The molecular formula is C13H13N3OS. The molecule has 1 aromatic carbocycles. The third-order valence-electron chi connectivity index (χ3n) is 2.68. The van der Waals surface area contributed by atoms with Gasteiger partial charge in [0.15, 0.2) is 5.17 Å². The first-order chi connectivity index (χ1) is 8.74. The average Bonchev–Trinajstić information content (AvgIpc) is 2.86. The highest BCUT2D eigenvalue weighted by Crippen LogP contribution is 2.22. The van der Waals surface area contributed by atoms with E-state index in [-0.39, 0.29) is 5.91 Å². The lowest BCUT2D eigenvalue weighted by Gasteiger charge is -2.06. The number of amidine groups is 1. The zero-order valence-electron chi connectivity index (χ0n) is 10.0. The molecule has 0 spiro atoms. The maximum Gasteiger partial charge on any atom is 0.258 e. The highest BCUT2D eigenvalue weighted by atomic mass is 32.2. The zero-order valence-corrected chi connectivity index (χ0v) is 10.8. The lowest BCUT2D eigenvalue weighted by Crippen LogP contribution is -2.28. The van der Waals surface area contributed by atoms with Crippen LogP contribution in [0.5, 0.6) is 0 Å². The molecule has 18 heavy (non-hydrogen) atoms. The van der Waals surface area contributed by atoms with Crippen molar-refractivity contribution in [1.29, 1.82) is 5.26 Å². The second kappa shape index (κ2) is 5.69. The Bertz CT molecular complexity index is 533. The van der Waals surface area contributed by atoms with E-state index < -0.39 is 0 Å². The molecule has 0 aliphatic carbocycles. The first-order valence-electron chi connectivity index (χ1n) is 5.76. The number of hydrogen-bond donors (Lipinski definition) is 1. The Hall–Kier alpha value is -1.80. The van der Waals surface area contributed by atoms with Gasteiger partial charge in [0.05, 0.1) is 23.7 Å². The Balaban J connectivity index is 2.07. The number of hydrogen-bond acceptors (Lipinski definition) is 4. The highest BCUT2D eigenvalue weighted by Gasteiger charge is 2.20. The molecule has 1 unspecified atom stereocenters. The summed E-state index contributed by atoms with van der Waals surface area (Å²) in [6, 6.07) is 8.77. The third-order valence-corrected chi connectivity index (χ3v) is 3.95. The lowest BCUT2D eigenvalue weighted by atomic mass is 10.1. The van der Waals surface area contributed by atoms with E-state index in [1.807, 2.05) is 6.07 Å².